The SMILES string of the molecule is CC(C)(C)c1ccc(C(=O)NCC(C(=O)O)c2ccccc2)cc1. The summed E-state index contributed by atoms with van der Waals surface area (Å²) in [6.07, 6.45) is 0. The molecule has 24 heavy (non-hydrogen) atoms. The van der Waals surface area contributed by atoms with Gasteiger partial charge in [-0.3, -0.25) is 9.59 Å². The van der Waals surface area contributed by atoms with Gasteiger partial charge in [-0.05, 0) is 28.7 Å². The summed E-state index contributed by atoms with van der Waals surface area (Å²) in [7, 11) is 0. The molecule has 0 heterocycles. The highest BCUT2D eigenvalue weighted by molar-refractivity contribution is 5.94. The lowest BCUT2D eigenvalue weighted by Gasteiger charge is -2.19. The van der Waals surface area contributed by atoms with E-state index in [0.29, 0.717) is 11.1 Å². The molecule has 0 fully saturated rings. The summed E-state index contributed by atoms with van der Waals surface area (Å²) in [6.45, 7) is 6.39. The Hall–Kier alpha value is -2.62. The van der Waals surface area contributed by atoms with Gasteiger partial charge in [-0.1, -0.05) is 63.2 Å². The van der Waals surface area contributed by atoms with E-state index in [9.17, 15) is 14.7 Å². The predicted molar refractivity (Wildman–Crippen MR) is 94.3 cm³/mol. The molecule has 2 N–H and O–H groups in total. The highest BCUT2D eigenvalue weighted by atomic mass is 16.4. The molecular weight excluding hydrogens is 302 g/mol. The average molecular weight is 325 g/mol. The van der Waals surface area contributed by atoms with Crippen LogP contribution in [0.1, 0.15) is 48.2 Å². The zero-order valence-electron chi connectivity index (χ0n) is 14.2. The highest BCUT2D eigenvalue weighted by Gasteiger charge is 2.21. The molecule has 1 unspecified atom stereocenters. The summed E-state index contributed by atoms with van der Waals surface area (Å²) < 4.78 is 0. The van der Waals surface area contributed by atoms with Crippen molar-refractivity contribution in [2.24, 2.45) is 0 Å². The van der Waals surface area contributed by atoms with Crippen molar-refractivity contribution in [1.82, 2.24) is 5.32 Å². The second kappa shape index (κ2) is 7.30. The first-order valence-corrected chi connectivity index (χ1v) is 7.95. The average Bonchev–Trinajstić information content (AvgIpc) is 2.55. The Balaban J connectivity index is 2.05. The molecule has 2 aromatic carbocycles. The van der Waals surface area contributed by atoms with Gasteiger partial charge in [-0.2, -0.15) is 0 Å². The smallest absolute Gasteiger partial charge is 0.312 e. The molecule has 4 nitrogen and oxygen atoms in total. The molecule has 0 spiro atoms. The lowest BCUT2D eigenvalue weighted by atomic mass is 9.86. The largest absolute Gasteiger partial charge is 0.481 e. The molecule has 0 aliphatic carbocycles. The number of carboxylic acids is 1. The number of amides is 1. The van der Waals surface area contributed by atoms with Crippen LogP contribution in [0.15, 0.2) is 54.6 Å². The van der Waals surface area contributed by atoms with Crippen molar-refractivity contribution in [3.63, 3.8) is 0 Å². The molecule has 0 saturated heterocycles. The number of hydrogen-bond acceptors (Lipinski definition) is 2. The molecule has 2 aromatic rings. The van der Waals surface area contributed by atoms with Gasteiger partial charge in [0.05, 0.1) is 5.92 Å². The third kappa shape index (κ3) is 4.44. The van der Waals surface area contributed by atoms with Crippen molar-refractivity contribution in [3.05, 3.63) is 71.3 Å². The lowest BCUT2D eigenvalue weighted by Crippen LogP contribution is -2.31. The molecule has 4 heteroatoms. The van der Waals surface area contributed by atoms with E-state index in [4.69, 9.17) is 0 Å². The predicted octanol–water partition coefficient (Wildman–Crippen LogP) is 3.58. The molecular formula is C20H23NO3. The van der Waals surface area contributed by atoms with E-state index >= 15 is 0 Å². The second-order valence-corrected chi connectivity index (χ2v) is 6.84. The maximum absolute atomic E-state index is 12.3. The number of hydrogen-bond donors (Lipinski definition) is 2. The van der Waals surface area contributed by atoms with Crippen LogP contribution in [-0.2, 0) is 10.2 Å². The molecule has 0 aliphatic rings. The van der Waals surface area contributed by atoms with Gasteiger partial charge in [0.25, 0.3) is 5.91 Å². The first kappa shape index (κ1) is 17.7. The Morgan fingerprint density at radius 3 is 2.08 bits per heavy atom. The molecule has 0 aromatic heterocycles. The van der Waals surface area contributed by atoms with E-state index < -0.39 is 11.9 Å². The summed E-state index contributed by atoms with van der Waals surface area (Å²) in [6, 6.07) is 16.3. The van der Waals surface area contributed by atoms with Crippen LogP contribution in [0, 0.1) is 0 Å². The summed E-state index contributed by atoms with van der Waals surface area (Å²) in [4.78, 5) is 23.7. The van der Waals surface area contributed by atoms with Crippen molar-refractivity contribution in [2.45, 2.75) is 32.1 Å². The van der Waals surface area contributed by atoms with Crippen LogP contribution in [0.4, 0.5) is 0 Å². The number of benzene rings is 2. The molecule has 126 valence electrons. The van der Waals surface area contributed by atoms with Gasteiger partial charge >= 0.3 is 5.97 Å². The highest BCUT2D eigenvalue weighted by Crippen LogP contribution is 2.22. The maximum atomic E-state index is 12.3. The molecule has 1 atom stereocenters. The topological polar surface area (TPSA) is 66.4 Å². The van der Waals surface area contributed by atoms with Crippen LogP contribution < -0.4 is 5.32 Å². The number of nitrogens with one attached hydrogen (secondary N) is 1. The fourth-order valence-corrected chi connectivity index (χ4v) is 2.45. The zero-order chi connectivity index (χ0) is 17.7. The fourth-order valence-electron chi connectivity index (χ4n) is 2.45. The first-order chi connectivity index (χ1) is 11.3. The van der Waals surface area contributed by atoms with Crippen molar-refractivity contribution >= 4 is 11.9 Å². The minimum Gasteiger partial charge on any atom is -0.481 e. The van der Waals surface area contributed by atoms with Crippen molar-refractivity contribution in [3.8, 4) is 0 Å². The lowest BCUT2D eigenvalue weighted by molar-refractivity contribution is -0.138. The maximum Gasteiger partial charge on any atom is 0.312 e. The van der Waals surface area contributed by atoms with Gasteiger partial charge < -0.3 is 10.4 Å². The molecule has 0 radical (unpaired) electrons. The Morgan fingerprint density at radius 1 is 1.00 bits per heavy atom. The van der Waals surface area contributed by atoms with E-state index in [0.717, 1.165) is 5.56 Å². The van der Waals surface area contributed by atoms with E-state index in [1.165, 1.54) is 0 Å². The fraction of sp³-hybridized carbons (Fsp3) is 0.300. The van der Waals surface area contributed by atoms with Crippen molar-refractivity contribution in [2.75, 3.05) is 6.54 Å². The van der Waals surface area contributed by atoms with E-state index in [2.05, 4.69) is 26.1 Å². The Kier molecular flexibility index (Phi) is 5.39. The van der Waals surface area contributed by atoms with E-state index in [1.54, 1.807) is 36.4 Å². The minimum atomic E-state index is -0.954. The number of rotatable bonds is 5. The molecule has 1 amide bonds. The second-order valence-electron chi connectivity index (χ2n) is 6.84. The van der Waals surface area contributed by atoms with Gasteiger partial charge in [0.15, 0.2) is 0 Å². The molecule has 0 aliphatic heterocycles. The summed E-state index contributed by atoms with van der Waals surface area (Å²) in [5, 5.41) is 12.1. The molecule has 2 rings (SSSR count). The summed E-state index contributed by atoms with van der Waals surface area (Å²) >= 11 is 0. The third-order valence-electron chi connectivity index (χ3n) is 3.98. The quantitative estimate of drug-likeness (QED) is 0.883. The Bertz CT molecular complexity index is 700. The minimum absolute atomic E-state index is 0.0245. The van der Waals surface area contributed by atoms with Crippen LogP contribution in [0.3, 0.4) is 0 Å². The van der Waals surface area contributed by atoms with Crippen LogP contribution >= 0.6 is 0 Å². The Labute approximate surface area is 142 Å². The van der Waals surface area contributed by atoms with Gasteiger partial charge in [-0.15, -0.1) is 0 Å². The summed E-state index contributed by atoms with van der Waals surface area (Å²) in [5.74, 6) is -1.98. The van der Waals surface area contributed by atoms with Crippen LogP contribution in [0.2, 0.25) is 0 Å². The number of carbonyl (C=O) groups is 2. The number of carboxylic acid groups (broad SMARTS) is 1. The van der Waals surface area contributed by atoms with Crippen molar-refractivity contribution in [1.29, 1.82) is 0 Å². The molecule has 0 bridgehead atoms. The Morgan fingerprint density at radius 2 is 1.58 bits per heavy atom. The third-order valence-corrected chi connectivity index (χ3v) is 3.98. The number of carbonyl (C=O) groups excluding carboxylic acids is 1. The summed E-state index contributed by atoms with van der Waals surface area (Å²) in [5.41, 5.74) is 2.37. The monoisotopic (exact) mass is 325 g/mol. The zero-order valence-corrected chi connectivity index (χ0v) is 14.2. The van der Waals surface area contributed by atoms with Crippen LogP contribution in [0.25, 0.3) is 0 Å². The molecule has 0 saturated carbocycles. The van der Waals surface area contributed by atoms with Gasteiger partial charge in [0.1, 0.15) is 0 Å². The van der Waals surface area contributed by atoms with E-state index in [-0.39, 0.29) is 17.9 Å². The van der Waals surface area contributed by atoms with Crippen LogP contribution in [-0.4, -0.2) is 23.5 Å². The van der Waals surface area contributed by atoms with Crippen molar-refractivity contribution < 1.29 is 14.7 Å². The van der Waals surface area contributed by atoms with Gasteiger partial charge in [0.2, 0.25) is 0 Å². The first-order valence-electron chi connectivity index (χ1n) is 7.95. The normalized spacial score (nSPS) is 12.5. The van der Waals surface area contributed by atoms with Crippen LogP contribution in [0.5, 0.6) is 0 Å². The standard InChI is InChI=1S/C20H23NO3/c1-20(2,3)16-11-9-15(10-12-16)18(22)21-13-17(19(23)24)14-7-5-4-6-8-14/h4-12,17H,13H2,1-3H3,(H,21,22)(H,23,24). The number of aliphatic carboxylic acids is 1. The van der Waals surface area contributed by atoms with E-state index in [1.807, 2.05) is 18.2 Å². The van der Waals surface area contributed by atoms with Gasteiger partial charge in [0, 0.05) is 12.1 Å². The van der Waals surface area contributed by atoms with Gasteiger partial charge in [-0.25, -0.2) is 0 Å².